The molecule has 1 amide bonds. The second-order valence-corrected chi connectivity index (χ2v) is 4.20. The van der Waals surface area contributed by atoms with Crippen molar-refractivity contribution in [3.8, 4) is 6.07 Å². The highest BCUT2D eigenvalue weighted by atomic mass is 19.1. The van der Waals surface area contributed by atoms with Crippen LogP contribution in [0.25, 0.3) is 0 Å². The van der Waals surface area contributed by atoms with E-state index in [1.54, 1.807) is 43.3 Å². The number of rotatable bonds is 3. The molecule has 0 unspecified atom stereocenters. The fraction of sp³-hybridized carbons (Fsp3) is 0.0667. The molecular weight excluding hydrogens is 257 g/mol. The third kappa shape index (κ3) is 2.93. The van der Waals surface area contributed by atoms with Crippen LogP contribution in [0.1, 0.15) is 21.5 Å². The first kappa shape index (κ1) is 13.6. The lowest BCUT2D eigenvalue weighted by molar-refractivity contribution is 0.0958. The molecule has 0 bridgehead atoms. The smallest absolute Gasteiger partial charge is 0.272 e. The molecule has 2 aromatic rings. The molecule has 0 fully saturated rings. The zero-order valence-electron chi connectivity index (χ0n) is 10.8. The van der Waals surface area contributed by atoms with E-state index in [4.69, 9.17) is 5.26 Å². The first-order chi connectivity index (χ1) is 9.61. The summed E-state index contributed by atoms with van der Waals surface area (Å²) in [6.45, 7) is 1.66. The molecular formula is C15H12FN3O. The van der Waals surface area contributed by atoms with E-state index in [1.165, 1.54) is 6.07 Å². The number of nitrogens with zero attached hydrogens (tertiary/aromatic N) is 1. The Labute approximate surface area is 115 Å². The number of hydrazine groups is 1. The van der Waals surface area contributed by atoms with Gasteiger partial charge in [-0.1, -0.05) is 18.2 Å². The predicted molar refractivity (Wildman–Crippen MR) is 73.4 cm³/mol. The number of hydrogen-bond donors (Lipinski definition) is 2. The highest BCUT2D eigenvalue weighted by molar-refractivity contribution is 5.96. The van der Waals surface area contributed by atoms with Crippen molar-refractivity contribution < 1.29 is 9.18 Å². The molecule has 2 aromatic carbocycles. The van der Waals surface area contributed by atoms with Crippen molar-refractivity contribution in [2.24, 2.45) is 0 Å². The van der Waals surface area contributed by atoms with E-state index in [9.17, 15) is 9.18 Å². The fourth-order valence-electron chi connectivity index (χ4n) is 1.78. The van der Waals surface area contributed by atoms with E-state index >= 15 is 0 Å². The molecule has 0 aromatic heterocycles. The number of carbonyl (C=O) groups excluding carboxylic acids is 1. The number of benzene rings is 2. The van der Waals surface area contributed by atoms with E-state index in [-0.39, 0.29) is 5.56 Å². The maximum Gasteiger partial charge on any atom is 0.272 e. The number of hydrogen-bond acceptors (Lipinski definition) is 3. The van der Waals surface area contributed by atoms with Crippen LogP contribution in [0.2, 0.25) is 0 Å². The summed E-state index contributed by atoms with van der Waals surface area (Å²) in [5, 5.41) is 8.78. The van der Waals surface area contributed by atoms with Gasteiger partial charge in [0.2, 0.25) is 0 Å². The molecule has 0 saturated heterocycles. The van der Waals surface area contributed by atoms with Crippen LogP contribution >= 0.6 is 0 Å². The molecule has 0 atom stereocenters. The summed E-state index contributed by atoms with van der Waals surface area (Å²) in [4.78, 5) is 11.9. The Bertz CT molecular complexity index is 672. The lowest BCUT2D eigenvalue weighted by atomic mass is 10.1. The Morgan fingerprint density at radius 2 is 2.00 bits per heavy atom. The highest BCUT2D eigenvalue weighted by Gasteiger charge is 2.13. The average Bonchev–Trinajstić information content (AvgIpc) is 2.45. The Hall–Kier alpha value is -2.87. The lowest BCUT2D eigenvalue weighted by Gasteiger charge is -2.10. The molecule has 2 rings (SSSR count). The number of carbonyl (C=O) groups is 1. The van der Waals surface area contributed by atoms with Gasteiger partial charge in [0.15, 0.2) is 0 Å². The van der Waals surface area contributed by atoms with Crippen LogP contribution in [0.15, 0.2) is 42.5 Å². The second-order valence-electron chi connectivity index (χ2n) is 4.20. The van der Waals surface area contributed by atoms with Gasteiger partial charge in [-0.2, -0.15) is 5.26 Å². The van der Waals surface area contributed by atoms with E-state index in [2.05, 4.69) is 10.9 Å². The highest BCUT2D eigenvalue weighted by Crippen LogP contribution is 2.13. The molecule has 0 heterocycles. The van der Waals surface area contributed by atoms with Crippen molar-refractivity contribution in [2.75, 3.05) is 5.43 Å². The van der Waals surface area contributed by atoms with E-state index in [0.29, 0.717) is 16.8 Å². The summed E-state index contributed by atoms with van der Waals surface area (Å²) in [6.07, 6.45) is 0. The molecule has 0 saturated carbocycles. The molecule has 0 aliphatic rings. The zero-order valence-corrected chi connectivity index (χ0v) is 10.8. The first-order valence-electron chi connectivity index (χ1n) is 5.93. The Balaban J connectivity index is 2.11. The number of nitriles is 1. The lowest BCUT2D eigenvalue weighted by Crippen LogP contribution is -2.30. The van der Waals surface area contributed by atoms with Gasteiger partial charge in [0.05, 0.1) is 22.9 Å². The molecule has 5 heteroatoms. The van der Waals surface area contributed by atoms with E-state index < -0.39 is 11.7 Å². The Kier molecular flexibility index (Phi) is 3.96. The van der Waals surface area contributed by atoms with Gasteiger partial charge < -0.3 is 0 Å². The van der Waals surface area contributed by atoms with Gasteiger partial charge in [0.25, 0.3) is 5.91 Å². The summed E-state index contributed by atoms with van der Waals surface area (Å²) in [5.41, 5.74) is 6.62. The number of anilines is 1. The van der Waals surface area contributed by atoms with Crippen molar-refractivity contribution >= 4 is 11.6 Å². The molecule has 0 aliphatic carbocycles. The third-order valence-corrected chi connectivity index (χ3v) is 2.76. The van der Waals surface area contributed by atoms with Gasteiger partial charge in [-0.15, -0.1) is 0 Å². The van der Waals surface area contributed by atoms with Gasteiger partial charge in [-0.05, 0) is 36.8 Å². The second kappa shape index (κ2) is 5.85. The number of halogens is 1. The van der Waals surface area contributed by atoms with E-state index in [0.717, 1.165) is 0 Å². The standard InChI is InChI=1S/C15H12FN3O/c1-10-4-2-7-13(16)14(10)15(20)19-18-12-6-3-5-11(8-12)9-17/h2-8,18H,1H3,(H,19,20). The molecule has 0 radical (unpaired) electrons. The SMILES string of the molecule is Cc1cccc(F)c1C(=O)NNc1cccc(C#N)c1. The topological polar surface area (TPSA) is 64.9 Å². The minimum absolute atomic E-state index is 0.00330. The van der Waals surface area contributed by atoms with Crippen molar-refractivity contribution in [2.45, 2.75) is 6.92 Å². The molecule has 0 aliphatic heterocycles. The van der Waals surface area contributed by atoms with Crippen LogP contribution in [0, 0.1) is 24.1 Å². The Morgan fingerprint density at radius 3 is 2.70 bits per heavy atom. The van der Waals surface area contributed by atoms with Gasteiger partial charge in [-0.3, -0.25) is 15.6 Å². The third-order valence-electron chi connectivity index (χ3n) is 2.76. The van der Waals surface area contributed by atoms with Crippen LogP contribution < -0.4 is 10.9 Å². The van der Waals surface area contributed by atoms with Crippen LogP contribution in [0.3, 0.4) is 0 Å². The van der Waals surface area contributed by atoms with Crippen molar-refractivity contribution in [1.82, 2.24) is 5.43 Å². The largest absolute Gasteiger partial charge is 0.298 e. The predicted octanol–water partition coefficient (Wildman–Crippen LogP) is 2.76. The van der Waals surface area contributed by atoms with E-state index in [1.807, 2.05) is 6.07 Å². The Morgan fingerprint density at radius 1 is 1.25 bits per heavy atom. The van der Waals surface area contributed by atoms with Gasteiger partial charge in [0.1, 0.15) is 5.82 Å². The van der Waals surface area contributed by atoms with Crippen molar-refractivity contribution in [1.29, 1.82) is 5.26 Å². The molecule has 20 heavy (non-hydrogen) atoms. The van der Waals surface area contributed by atoms with Gasteiger partial charge >= 0.3 is 0 Å². The van der Waals surface area contributed by atoms with Crippen molar-refractivity contribution in [3.05, 3.63) is 65.0 Å². The average molecular weight is 269 g/mol. The maximum atomic E-state index is 13.6. The number of amides is 1. The molecule has 0 spiro atoms. The summed E-state index contributed by atoms with van der Waals surface area (Å²) in [6, 6.07) is 13.0. The fourth-order valence-corrected chi connectivity index (χ4v) is 1.78. The van der Waals surface area contributed by atoms with Crippen molar-refractivity contribution in [3.63, 3.8) is 0 Å². The summed E-state index contributed by atoms with van der Waals surface area (Å²) < 4.78 is 13.6. The molecule has 4 nitrogen and oxygen atoms in total. The normalized spacial score (nSPS) is 9.65. The van der Waals surface area contributed by atoms with Crippen LogP contribution in [-0.4, -0.2) is 5.91 Å². The van der Waals surface area contributed by atoms with Crippen LogP contribution in [0.5, 0.6) is 0 Å². The summed E-state index contributed by atoms with van der Waals surface area (Å²) in [7, 11) is 0. The van der Waals surface area contributed by atoms with Crippen LogP contribution in [-0.2, 0) is 0 Å². The minimum atomic E-state index is -0.574. The number of aryl methyl sites for hydroxylation is 1. The van der Waals surface area contributed by atoms with Gasteiger partial charge in [-0.25, -0.2) is 4.39 Å². The summed E-state index contributed by atoms with van der Waals surface area (Å²) >= 11 is 0. The quantitative estimate of drug-likeness (QED) is 0.842. The molecule has 2 N–H and O–H groups in total. The monoisotopic (exact) mass is 269 g/mol. The minimum Gasteiger partial charge on any atom is -0.298 e. The summed E-state index contributed by atoms with van der Waals surface area (Å²) in [5.74, 6) is -1.14. The number of nitrogens with one attached hydrogen (secondary N) is 2. The first-order valence-corrected chi connectivity index (χ1v) is 5.93. The van der Waals surface area contributed by atoms with Crippen LogP contribution in [0.4, 0.5) is 10.1 Å². The van der Waals surface area contributed by atoms with Gasteiger partial charge in [0, 0.05) is 0 Å². The zero-order chi connectivity index (χ0) is 14.5. The molecule has 100 valence electrons. The maximum absolute atomic E-state index is 13.6.